The van der Waals surface area contributed by atoms with Crippen molar-refractivity contribution in [1.29, 1.82) is 0 Å². The second-order valence-electron chi connectivity index (χ2n) is 7.78. The zero-order valence-electron chi connectivity index (χ0n) is 17.4. The van der Waals surface area contributed by atoms with E-state index in [0.29, 0.717) is 0 Å². The molecule has 0 spiro atoms. The molecule has 0 saturated carbocycles. The van der Waals surface area contributed by atoms with Crippen LogP contribution in [-0.2, 0) is 27.8 Å². The van der Waals surface area contributed by atoms with Crippen LogP contribution in [0.2, 0.25) is 10.0 Å². The van der Waals surface area contributed by atoms with E-state index in [4.69, 9.17) is 23.2 Å². The number of carbonyl (C=O) groups excluding carboxylic acids is 1. The van der Waals surface area contributed by atoms with E-state index in [0.717, 1.165) is 27.5 Å². The SMILES string of the molecule is C[C@H]1Cc2ccccc2N1C(=O)CN(Cc1ccccc1)S(=O)(=O)c1cc(Cl)ccc1Cl. The van der Waals surface area contributed by atoms with Gasteiger partial charge in [-0.1, -0.05) is 71.7 Å². The van der Waals surface area contributed by atoms with Crippen molar-refractivity contribution in [3.63, 3.8) is 0 Å². The molecule has 0 N–H and O–H groups in total. The molecule has 0 saturated heterocycles. The van der Waals surface area contributed by atoms with Crippen molar-refractivity contribution in [2.45, 2.75) is 30.8 Å². The number of halogens is 2. The van der Waals surface area contributed by atoms with Crippen LogP contribution < -0.4 is 4.90 Å². The molecule has 0 bridgehead atoms. The summed E-state index contributed by atoms with van der Waals surface area (Å²) in [7, 11) is -4.10. The number of carbonyl (C=O) groups is 1. The van der Waals surface area contributed by atoms with Gasteiger partial charge in [0.2, 0.25) is 15.9 Å². The molecule has 166 valence electrons. The van der Waals surface area contributed by atoms with Crippen molar-refractivity contribution in [3.05, 3.63) is 94.0 Å². The van der Waals surface area contributed by atoms with Crippen molar-refractivity contribution in [1.82, 2.24) is 4.31 Å². The van der Waals surface area contributed by atoms with Gasteiger partial charge in [-0.05, 0) is 48.7 Å². The Kier molecular flexibility index (Phi) is 6.58. The summed E-state index contributed by atoms with van der Waals surface area (Å²) in [6, 6.07) is 21.1. The highest BCUT2D eigenvalue weighted by atomic mass is 35.5. The summed E-state index contributed by atoms with van der Waals surface area (Å²) in [6.07, 6.45) is 0.730. The molecule has 4 rings (SSSR count). The normalized spacial score (nSPS) is 15.8. The number of nitrogens with zero attached hydrogens (tertiary/aromatic N) is 2. The first kappa shape index (κ1) is 22.8. The molecular formula is C24H22Cl2N2O3S. The lowest BCUT2D eigenvalue weighted by Crippen LogP contribution is -2.44. The van der Waals surface area contributed by atoms with E-state index in [2.05, 4.69) is 0 Å². The van der Waals surface area contributed by atoms with Crippen LogP contribution in [0.1, 0.15) is 18.1 Å². The summed E-state index contributed by atoms with van der Waals surface area (Å²) in [5, 5.41) is 0.306. The van der Waals surface area contributed by atoms with E-state index in [1.807, 2.05) is 61.5 Å². The lowest BCUT2D eigenvalue weighted by Gasteiger charge is -2.28. The van der Waals surface area contributed by atoms with Crippen LogP contribution >= 0.6 is 23.2 Å². The first-order chi connectivity index (χ1) is 15.3. The van der Waals surface area contributed by atoms with Gasteiger partial charge in [0.05, 0.1) is 11.6 Å². The number of hydrogen-bond donors (Lipinski definition) is 0. The second kappa shape index (κ2) is 9.24. The fourth-order valence-corrected chi connectivity index (χ4v) is 6.11. The molecule has 1 aliphatic rings. The summed E-state index contributed by atoms with van der Waals surface area (Å²) >= 11 is 12.3. The molecular weight excluding hydrogens is 467 g/mol. The molecule has 1 amide bonds. The summed E-state index contributed by atoms with van der Waals surface area (Å²) in [5.41, 5.74) is 2.66. The predicted molar refractivity (Wildman–Crippen MR) is 128 cm³/mol. The smallest absolute Gasteiger partial charge is 0.245 e. The molecule has 5 nitrogen and oxygen atoms in total. The number of para-hydroxylation sites is 1. The van der Waals surface area contributed by atoms with E-state index in [1.165, 1.54) is 18.2 Å². The highest BCUT2D eigenvalue weighted by Crippen LogP contribution is 2.33. The van der Waals surface area contributed by atoms with Gasteiger partial charge in [-0.25, -0.2) is 8.42 Å². The van der Waals surface area contributed by atoms with E-state index in [9.17, 15) is 13.2 Å². The molecule has 0 fully saturated rings. The van der Waals surface area contributed by atoms with Gasteiger partial charge in [-0.2, -0.15) is 4.31 Å². The number of anilines is 1. The van der Waals surface area contributed by atoms with Crippen LogP contribution in [0.15, 0.2) is 77.7 Å². The third-order valence-corrected chi connectivity index (χ3v) is 8.01. The average Bonchev–Trinajstić information content (AvgIpc) is 3.11. The molecule has 32 heavy (non-hydrogen) atoms. The fourth-order valence-electron chi connectivity index (χ4n) is 4.00. The third kappa shape index (κ3) is 4.55. The number of rotatable bonds is 6. The topological polar surface area (TPSA) is 57.7 Å². The highest BCUT2D eigenvalue weighted by Gasteiger charge is 2.35. The Morgan fingerprint density at radius 2 is 1.72 bits per heavy atom. The van der Waals surface area contributed by atoms with Crippen LogP contribution in [0.25, 0.3) is 0 Å². The fraction of sp³-hybridized carbons (Fsp3) is 0.208. The first-order valence-corrected chi connectivity index (χ1v) is 12.4. The van der Waals surface area contributed by atoms with Gasteiger partial charge in [0.15, 0.2) is 0 Å². The van der Waals surface area contributed by atoms with Crippen molar-refractivity contribution < 1.29 is 13.2 Å². The van der Waals surface area contributed by atoms with E-state index < -0.39 is 10.0 Å². The Balaban J connectivity index is 1.70. The Bertz CT molecular complexity index is 1250. The largest absolute Gasteiger partial charge is 0.308 e. The maximum atomic E-state index is 13.6. The second-order valence-corrected chi connectivity index (χ2v) is 10.5. The molecule has 0 radical (unpaired) electrons. The van der Waals surface area contributed by atoms with Crippen molar-refractivity contribution >= 4 is 44.8 Å². The molecule has 1 heterocycles. The molecule has 1 aliphatic heterocycles. The maximum Gasteiger partial charge on any atom is 0.245 e. The Morgan fingerprint density at radius 3 is 2.47 bits per heavy atom. The number of hydrogen-bond acceptors (Lipinski definition) is 3. The highest BCUT2D eigenvalue weighted by molar-refractivity contribution is 7.89. The number of benzene rings is 3. The Morgan fingerprint density at radius 1 is 1.03 bits per heavy atom. The summed E-state index contributed by atoms with van der Waals surface area (Å²) in [4.78, 5) is 15.0. The van der Waals surface area contributed by atoms with Gasteiger partial charge in [-0.3, -0.25) is 4.79 Å². The van der Waals surface area contributed by atoms with Crippen LogP contribution in [-0.4, -0.2) is 31.2 Å². The van der Waals surface area contributed by atoms with E-state index in [1.54, 1.807) is 4.90 Å². The minimum Gasteiger partial charge on any atom is -0.308 e. The minimum absolute atomic E-state index is 0.0294. The summed E-state index contributed by atoms with van der Waals surface area (Å²) < 4.78 is 28.4. The van der Waals surface area contributed by atoms with Crippen molar-refractivity contribution in [3.8, 4) is 0 Å². The van der Waals surface area contributed by atoms with Gasteiger partial charge in [0.1, 0.15) is 4.90 Å². The van der Waals surface area contributed by atoms with Gasteiger partial charge >= 0.3 is 0 Å². The van der Waals surface area contributed by atoms with Gasteiger partial charge in [0, 0.05) is 23.3 Å². The summed E-state index contributed by atoms with van der Waals surface area (Å²) in [5.74, 6) is -0.292. The molecule has 0 aromatic heterocycles. The standard InChI is InChI=1S/C24H22Cl2N2O3S/c1-17-13-19-9-5-6-10-22(19)28(17)24(29)16-27(15-18-7-3-2-4-8-18)32(30,31)23-14-20(25)11-12-21(23)26/h2-12,14,17H,13,15-16H2,1H3/t17-/m0/s1. The number of amides is 1. The van der Waals surface area contributed by atoms with Crippen LogP contribution in [0, 0.1) is 0 Å². The summed E-state index contributed by atoms with van der Waals surface area (Å²) in [6.45, 7) is 1.67. The van der Waals surface area contributed by atoms with Crippen LogP contribution in [0.4, 0.5) is 5.69 Å². The van der Waals surface area contributed by atoms with E-state index >= 15 is 0 Å². The van der Waals surface area contributed by atoms with Crippen LogP contribution in [0.5, 0.6) is 0 Å². The number of sulfonamides is 1. The van der Waals surface area contributed by atoms with Gasteiger partial charge in [-0.15, -0.1) is 0 Å². The Labute approximate surface area is 198 Å². The molecule has 1 atom stereocenters. The molecule has 0 aliphatic carbocycles. The maximum absolute atomic E-state index is 13.6. The quantitative estimate of drug-likeness (QED) is 0.481. The Hall–Kier alpha value is -2.38. The lowest BCUT2D eigenvalue weighted by atomic mass is 10.1. The molecule has 0 unspecified atom stereocenters. The van der Waals surface area contributed by atoms with Gasteiger partial charge < -0.3 is 4.90 Å². The average molecular weight is 489 g/mol. The third-order valence-electron chi connectivity index (χ3n) is 5.50. The van der Waals surface area contributed by atoms with Gasteiger partial charge in [0.25, 0.3) is 0 Å². The first-order valence-electron chi connectivity index (χ1n) is 10.2. The van der Waals surface area contributed by atoms with E-state index in [-0.39, 0.29) is 40.0 Å². The monoisotopic (exact) mass is 488 g/mol. The van der Waals surface area contributed by atoms with Crippen LogP contribution in [0.3, 0.4) is 0 Å². The molecule has 3 aromatic carbocycles. The van der Waals surface area contributed by atoms with Crippen molar-refractivity contribution in [2.75, 3.05) is 11.4 Å². The number of fused-ring (bicyclic) bond motifs is 1. The van der Waals surface area contributed by atoms with Crippen molar-refractivity contribution in [2.24, 2.45) is 0 Å². The minimum atomic E-state index is -4.10. The zero-order chi connectivity index (χ0) is 22.9. The molecule has 3 aromatic rings. The molecule has 8 heteroatoms. The zero-order valence-corrected chi connectivity index (χ0v) is 19.7. The predicted octanol–water partition coefficient (Wildman–Crippen LogP) is 5.16. The lowest BCUT2D eigenvalue weighted by molar-refractivity contribution is -0.119.